The quantitative estimate of drug-likeness (QED) is 0.558. The van der Waals surface area contributed by atoms with Gasteiger partial charge in [0, 0.05) is 49.2 Å². The van der Waals surface area contributed by atoms with E-state index in [4.69, 9.17) is 11.6 Å². The van der Waals surface area contributed by atoms with Crippen LogP contribution in [0.1, 0.15) is 31.1 Å². The maximum atomic E-state index is 12.9. The number of aromatic amines is 1. The number of hydrogen-bond acceptors (Lipinski definition) is 5. The molecule has 1 aliphatic rings. The van der Waals surface area contributed by atoms with Gasteiger partial charge in [-0.05, 0) is 39.0 Å². The van der Waals surface area contributed by atoms with Gasteiger partial charge >= 0.3 is 6.03 Å². The predicted molar refractivity (Wildman–Crippen MR) is 125 cm³/mol. The molecule has 9 nitrogen and oxygen atoms in total. The van der Waals surface area contributed by atoms with Crippen molar-refractivity contribution >= 4 is 46.1 Å². The zero-order chi connectivity index (χ0) is 22.8. The minimum Gasteiger partial charge on any atom is -0.352 e. The van der Waals surface area contributed by atoms with E-state index >= 15 is 0 Å². The maximum Gasteiger partial charge on any atom is 0.322 e. The average molecular weight is 456 g/mol. The zero-order valence-electron chi connectivity index (χ0n) is 18.2. The van der Waals surface area contributed by atoms with Crippen molar-refractivity contribution in [1.82, 2.24) is 25.2 Å². The Bertz CT molecular complexity index is 1150. The van der Waals surface area contributed by atoms with Gasteiger partial charge < -0.3 is 25.4 Å². The first kappa shape index (κ1) is 21.9. The minimum absolute atomic E-state index is 0.0372. The molecule has 168 valence electrons. The Morgan fingerprint density at radius 1 is 1.25 bits per heavy atom. The molecule has 1 aliphatic heterocycles. The summed E-state index contributed by atoms with van der Waals surface area (Å²) < 4.78 is 0. The van der Waals surface area contributed by atoms with Crippen molar-refractivity contribution in [2.45, 2.75) is 32.9 Å². The Kier molecular flexibility index (Phi) is 6.18. The number of fused-ring (bicyclic) bond motifs is 1. The van der Waals surface area contributed by atoms with Crippen molar-refractivity contribution in [3.05, 3.63) is 47.4 Å². The lowest BCUT2D eigenvalue weighted by atomic mass is 10.1. The third-order valence-corrected chi connectivity index (χ3v) is 5.68. The first-order valence-corrected chi connectivity index (χ1v) is 10.9. The fourth-order valence-corrected chi connectivity index (χ4v) is 4.11. The van der Waals surface area contributed by atoms with Crippen LogP contribution < -0.4 is 15.5 Å². The van der Waals surface area contributed by atoms with E-state index in [9.17, 15) is 9.59 Å². The molecular weight excluding hydrogens is 430 g/mol. The van der Waals surface area contributed by atoms with Gasteiger partial charge in [0.1, 0.15) is 17.8 Å². The van der Waals surface area contributed by atoms with E-state index in [1.807, 2.05) is 20.8 Å². The second kappa shape index (κ2) is 9.04. The lowest BCUT2D eigenvalue weighted by Gasteiger charge is -2.40. The summed E-state index contributed by atoms with van der Waals surface area (Å²) in [5, 5.41) is 7.13. The number of carbonyl (C=O) groups is 2. The number of halogens is 1. The standard InChI is InChI=1S/C22H26ClN7O2/c1-13(2)27-21(31)15-5-4-6-16(9-15)28-22(32)30-8-7-29(11-14(30)3)20-18-17(23)10-24-19(18)25-12-26-20/h4-6,9-10,12-14H,7-8,11H2,1-3H3,(H,27,31)(H,28,32)(H,24,25,26)/t14-/m0/s1. The van der Waals surface area contributed by atoms with Crippen molar-refractivity contribution in [2.75, 3.05) is 29.9 Å². The highest BCUT2D eigenvalue weighted by atomic mass is 35.5. The van der Waals surface area contributed by atoms with Crippen molar-refractivity contribution in [2.24, 2.45) is 0 Å². The van der Waals surface area contributed by atoms with Crippen LogP contribution in [0.4, 0.5) is 16.3 Å². The molecular formula is C22H26ClN7O2. The van der Waals surface area contributed by atoms with E-state index in [1.165, 1.54) is 6.33 Å². The number of hydrogen-bond donors (Lipinski definition) is 3. The second-order valence-electron chi connectivity index (χ2n) is 8.19. The van der Waals surface area contributed by atoms with Gasteiger partial charge in [-0.1, -0.05) is 17.7 Å². The van der Waals surface area contributed by atoms with E-state index in [-0.39, 0.29) is 24.0 Å². The van der Waals surface area contributed by atoms with E-state index in [0.717, 1.165) is 11.2 Å². The summed E-state index contributed by atoms with van der Waals surface area (Å²) in [6, 6.07) is 6.72. The topological polar surface area (TPSA) is 106 Å². The van der Waals surface area contributed by atoms with Crippen LogP contribution >= 0.6 is 11.6 Å². The minimum atomic E-state index is -0.203. The van der Waals surface area contributed by atoms with Crippen LogP contribution in [0.5, 0.6) is 0 Å². The number of piperazine rings is 1. The first-order chi connectivity index (χ1) is 15.3. The van der Waals surface area contributed by atoms with Crippen LogP contribution in [0.25, 0.3) is 11.0 Å². The largest absolute Gasteiger partial charge is 0.352 e. The number of benzene rings is 1. The van der Waals surface area contributed by atoms with E-state index in [0.29, 0.717) is 41.6 Å². The van der Waals surface area contributed by atoms with Crippen LogP contribution in [-0.4, -0.2) is 63.5 Å². The van der Waals surface area contributed by atoms with Crippen LogP contribution in [0.2, 0.25) is 5.02 Å². The highest BCUT2D eigenvalue weighted by Gasteiger charge is 2.29. The molecule has 1 fully saturated rings. The monoisotopic (exact) mass is 455 g/mol. The van der Waals surface area contributed by atoms with Gasteiger partial charge in [-0.15, -0.1) is 0 Å². The van der Waals surface area contributed by atoms with E-state index in [1.54, 1.807) is 35.4 Å². The summed E-state index contributed by atoms with van der Waals surface area (Å²) >= 11 is 6.32. The zero-order valence-corrected chi connectivity index (χ0v) is 19.0. The van der Waals surface area contributed by atoms with Gasteiger partial charge in [-0.3, -0.25) is 4.79 Å². The van der Waals surface area contributed by atoms with Gasteiger partial charge in [0.05, 0.1) is 10.4 Å². The second-order valence-corrected chi connectivity index (χ2v) is 8.59. The molecule has 0 unspecified atom stereocenters. The number of nitrogens with zero attached hydrogens (tertiary/aromatic N) is 4. The molecule has 10 heteroatoms. The molecule has 1 atom stereocenters. The van der Waals surface area contributed by atoms with E-state index < -0.39 is 0 Å². The van der Waals surface area contributed by atoms with Crippen LogP contribution in [0.15, 0.2) is 36.8 Å². The number of anilines is 2. The summed E-state index contributed by atoms with van der Waals surface area (Å²) in [5.74, 6) is 0.592. The molecule has 2 aromatic heterocycles. The fourth-order valence-electron chi connectivity index (χ4n) is 3.88. The molecule has 32 heavy (non-hydrogen) atoms. The van der Waals surface area contributed by atoms with Crippen LogP contribution in [0, 0.1) is 0 Å². The molecule has 1 saturated heterocycles. The Balaban J connectivity index is 1.43. The Hall–Kier alpha value is -3.33. The lowest BCUT2D eigenvalue weighted by Crippen LogP contribution is -2.55. The molecule has 4 rings (SSSR count). The molecule has 1 aromatic carbocycles. The highest BCUT2D eigenvalue weighted by Crippen LogP contribution is 2.31. The average Bonchev–Trinajstić information content (AvgIpc) is 3.14. The molecule has 3 heterocycles. The van der Waals surface area contributed by atoms with Crippen molar-refractivity contribution < 1.29 is 9.59 Å². The number of urea groups is 1. The Morgan fingerprint density at radius 3 is 2.81 bits per heavy atom. The number of aromatic nitrogens is 3. The van der Waals surface area contributed by atoms with Gasteiger partial charge in [0.25, 0.3) is 5.91 Å². The molecule has 3 aromatic rings. The smallest absolute Gasteiger partial charge is 0.322 e. The highest BCUT2D eigenvalue weighted by molar-refractivity contribution is 6.36. The van der Waals surface area contributed by atoms with Gasteiger partial charge in [0.15, 0.2) is 0 Å². The summed E-state index contributed by atoms with van der Waals surface area (Å²) in [4.78, 5) is 40.8. The molecule has 0 saturated carbocycles. The van der Waals surface area contributed by atoms with Crippen LogP contribution in [0.3, 0.4) is 0 Å². The fraction of sp³-hybridized carbons (Fsp3) is 0.364. The summed E-state index contributed by atoms with van der Waals surface area (Å²) in [7, 11) is 0. The predicted octanol–water partition coefficient (Wildman–Crippen LogP) is 3.49. The normalized spacial score (nSPS) is 16.5. The van der Waals surface area contributed by atoms with Gasteiger partial charge in [-0.25, -0.2) is 14.8 Å². The number of rotatable bonds is 4. The van der Waals surface area contributed by atoms with Gasteiger partial charge in [0.2, 0.25) is 0 Å². The molecule has 3 N–H and O–H groups in total. The van der Waals surface area contributed by atoms with Gasteiger partial charge in [-0.2, -0.15) is 0 Å². The Labute approximate surface area is 191 Å². The van der Waals surface area contributed by atoms with Crippen LogP contribution in [-0.2, 0) is 0 Å². The molecule has 0 aliphatic carbocycles. The molecule has 0 bridgehead atoms. The lowest BCUT2D eigenvalue weighted by molar-refractivity contribution is 0.0943. The summed E-state index contributed by atoms with van der Waals surface area (Å²) in [5.41, 5.74) is 1.78. The number of nitrogens with one attached hydrogen (secondary N) is 3. The van der Waals surface area contributed by atoms with Crippen molar-refractivity contribution in [3.63, 3.8) is 0 Å². The molecule has 0 radical (unpaired) electrons. The van der Waals surface area contributed by atoms with Crippen molar-refractivity contribution in [1.29, 1.82) is 0 Å². The molecule has 3 amide bonds. The number of H-pyrrole nitrogens is 1. The number of amides is 3. The maximum absolute atomic E-state index is 12.9. The number of carbonyl (C=O) groups excluding carboxylic acids is 2. The van der Waals surface area contributed by atoms with Crippen molar-refractivity contribution in [3.8, 4) is 0 Å². The SMILES string of the molecule is CC(C)NC(=O)c1cccc(NC(=O)N2CCN(c3ncnc4[nH]cc(Cl)c34)C[C@@H]2C)c1. The third kappa shape index (κ3) is 4.47. The van der Waals surface area contributed by atoms with E-state index in [2.05, 4.69) is 30.5 Å². The first-order valence-electron chi connectivity index (χ1n) is 10.5. The Morgan fingerprint density at radius 2 is 2.06 bits per heavy atom. The summed E-state index contributed by atoms with van der Waals surface area (Å²) in [6.45, 7) is 7.55. The third-order valence-electron chi connectivity index (χ3n) is 5.39. The molecule has 0 spiro atoms. The summed E-state index contributed by atoms with van der Waals surface area (Å²) in [6.07, 6.45) is 3.21.